The second-order valence-corrected chi connectivity index (χ2v) is 6.35. The first kappa shape index (κ1) is 14.8. The summed E-state index contributed by atoms with van der Waals surface area (Å²) in [6.07, 6.45) is 2.44. The van der Waals surface area contributed by atoms with Crippen molar-refractivity contribution in [2.24, 2.45) is 0 Å². The molecule has 19 heavy (non-hydrogen) atoms. The summed E-state index contributed by atoms with van der Waals surface area (Å²) in [5, 5.41) is 3.13. The molecular weight excluding hydrogens is 242 g/mol. The lowest BCUT2D eigenvalue weighted by Gasteiger charge is -2.49. The number of nitrogens with one attached hydrogen (secondary N) is 1. The van der Waals surface area contributed by atoms with Crippen molar-refractivity contribution in [3.05, 3.63) is 0 Å². The van der Waals surface area contributed by atoms with Gasteiger partial charge in [-0.2, -0.15) is 0 Å². The number of rotatable bonds is 4. The fourth-order valence-electron chi connectivity index (χ4n) is 3.06. The number of ether oxygens (including phenoxy) is 1. The molecule has 1 N–H and O–H groups in total. The molecule has 2 aliphatic heterocycles. The van der Waals surface area contributed by atoms with E-state index < -0.39 is 0 Å². The summed E-state index contributed by atoms with van der Waals surface area (Å²) in [4.78, 5) is 16.8. The van der Waals surface area contributed by atoms with Gasteiger partial charge in [0.05, 0.1) is 6.10 Å². The maximum absolute atomic E-state index is 12.6. The largest absolute Gasteiger partial charge is 0.376 e. The van der Waals surface area contributed by atoms with Crippen molar-refractivity contribution < 1.29 is 9.53 Å². The molecule has 5 nitrogen and oxygen atoms in total. The van der Waals surface area contributed by atoms with E-state index in [9.17, 15) is 4.79 Å². The topological polar surface area (TPSA) is 44.8 Å². The number of amides is 1. The van der Waals surface area contributed by atoms with Crippen LogP contribution in [0.4, 0.5) is 0 Å². The van der Waals surface area contributed by atoms with E-state index in [1.165, 1.54) is 0 Å². The molecule has 0 spiro atoms. The number of piperazine rings is 1. The van der Waals surface area contributed by atoms with Gasteiger partial charge in [-0.1, -0.05) is 0 Å². The van der Waals surface area contributed by atoms with Gasteiger partial charge in [0, 0.05) is 31.8 Å². The lowest BCUT2D eigenvalue weighted by molar-refractivity contribution is -0.150. The van der Waals surface area contributed by atoms with Gasteiger partial charge in [-0.15, -0.1) is 0 Å². The van der Waals surface area contributed by atoms with Crippen molar-refractivity contribution >= 4 is 5.91 Å². The standard InChI is InChI=1S/C14H27N3O2/c1-14(2)10-17(9-11-6-5-7-19-11)13(18)12(8-15-3)16(14)4/h11-12,15H,5-10H2,1-4H3. The molecule has 0 aromatic heterocycles. The van der Waals surface area contributed by atoms with E-state index in [0.29, 0.717) is 6.54 Å². The molecule has 2 unspecified atom stereocenters. The van der Waals surface area contributed by atoms with Crippen molar-refractivity contribution in [1.82, 2.24) is 15.1 Å². The minimum absolute atomic E-state index is 0.00797. The Morgan fingerprint density at radius 3 is 2.79 bits per heavy atom. The lowest BCUT2D eigenvalue weighted by atomic mass is 9.94. The van der Waals surface area contributed by atoms with Crippen LogP contribution in [0.1, 0.15) is 26.7 Å². The SMILES string of the molecule is CNCC1C(=O)N(CC2CCCO2)CC(C)(C)N1C. The Kier molecular flexibility index (Phi) is 4.48. The van der Waals surface area contributed by atoms with Gasteiger partial charge >= 0.3 is 0 Å². The van der Waals surface area contributed by atoms with Crippen LogP contribution in [0, 0.1) is 0 Å². The predicted octanol–water partition coefficient (Wildman–Crippen LogP) is 0.306. The third kappa shape index (κ3) is 3.09. The van der Waals surface area contributed by atoms with E-state index in [-0.39, 0.29) is 23.6 Å². The summed E-state index contributed by atoms with van der Waals surface area (Å²) >= 11 is 0. The van der Waals surface area contributed by atoms with Gasteiger partial charge in [0.1, 0.15) is 6.04 Å². The van der Waals surface area contributed by atoms with Crippen LogP contribution in [0.2, 0.25) is 0 Å². The average molecular weight is 269 g/mol. The number of carbonyl (C=O) groups excluding carboxylic acids is 1. The zero-order valence-corrected chi connectivity index (χ0v) is 12.6. The fraction of sp³-hybridized carbons (Fsp3) is 0.929. The Labute approximate surface area is 116 Å². The summed E-state index contributed by atoms with van der Waals surface area (Å²) in [6.45, 7) is 7.46. The second-order valence-electron chi connectivity index (χ2n) is 6.35. The van der Waals surface area contributed by atoms with Crippen LogP contribution in [-0.4, -0.2) is 73.7 Å². The van der Waals surface area contributed by atoms with Crippen LogP contribution >= 0.6 is 0 Å². The van der Waals surface area contributed by atoms with Gasteiger partial charge in [-0.05, 0) is 40.8 Å². The Balaban J connectivity index is 2.07. The first-order valence-corrected chi connectivity index (χ1v) is 7.23. The molecule has 2 saturated heterocycles. The van der Waals surface area contributed by atoms with Gasteiger partial charge in [0.25, 0.3) is 0 Å². The molecule has 0 aromatic rings. The van der Waals surface area contributed by atoms with E-state index in [0.717, 1.165) is 32.5 Å². The normalized spacial score (nSPS) is 32.0. The molecule has 0 saturated carbocycles. The maximum Gasteiger partial charge on any atom is 0.241 e. The molecular formula is C14H27N3O2. The summed E-state index contributed by atoms with van der Waals surface area (Å²) in [7, 11) is 3.94. The zero-order valence-electron chi connectivity index (χ0n) is 12.6. The van der Waals surface area contributed by atoms with Crippen molar-refractivity contribution in [2.45, 2.75) is 44.4 Å². The number of hydrogen-bond donors (Lipinski definition) is 1. The Bertz CT molecular complexity index is 327. The molecule has 2 rings (SSSR count). The van der Waals surface area contributed by atoms with Crippen LogP contribution in [0.3, 0.4) is 0 Å². The lowest BCUT2D eigenvalue weighted by Crippen LogP contribution is -2.67. The van der Waals surface area contributed by atoms with Crippen LogP contribution in [0.25, 0.3) is 0 Å². The number of likely N-dealkylation sites (N-methyl/N-ethyl adjacent to an activating group) is 2. The van der Waals surface area contributed by atoms with Crippen molar-refractivity contribution in [3.8, 4) is 0 Å². The molecule has 0 bridgehead atoms. The van der Waals surface area contributed by atoms with E-state index in [1.54, 1.807) is 0 Å². The highest BCUT2D eigenvalue weighted by Crippen LogP contribution is 2.25. The van der Waals surface area contributed by atoms with Gasteiger partial charge in [-0.3, -0.25) is 9.69 Å². The molecule has 1 amide bonds. The summed E-state index contributed by atoms with van der Waals surface area (Å²) in [5.41, 5.74) is 0.00797. The molecule has 2 aliphatic rings. The molecule has 0 aliphatic carbocycles. The second kappa shape index (κ2) is 5.77. The van der Waals surface area contributed by atoms with Gasteiger partial charge in [-0.25, -0.2) is 0 Å². The van der Waals surface area contributed by atoms with Crippen molar-refractivity contribution in [2.75, 3.05) is 40.3 Å². The first-order valence-electron chi connectivity index (χ1n) is 7.23. The summed E-state index contributed by atoms with van der Waals surface area (Å²) in [5.74, 6) is 0.228. The average Bonchev–Trinajstić information content (AvgIpc) is 2.84. The van der Waals surface area contributed by atoms with Gasteiger partial charge in [0.2, 0.25) is 5.91 Å². The van der Waals surface area contributed by atoms with E-state index >= 15 is 0 Å². The van der Waals surface area contributed by atoms with E-state index in [2.05, 4.69) is 24.1 Å². The Morgan fingerprint density at radius 1 is 1.47 bits per heavy atom. The van der Waals surface area contributed by atoms with E-state index in [4.69, 9.17) is 4.74 Å². The zero-order chi connectivity index (χ0) is 14.0. The Hall–Kier alpha value is -0.650. The number of nitrogens with zero attached hydrogens (tertiary/aromatic N) is 2. The molecule has 2 fully saturated rings. The first-order chi connectivity index (χ1) is 8.95. The molecule has 110 valence electrons. The van der Waals surface area contributed by atoms with Crippen LogP contribution in [-0.2, 0) is 9.53 Å². The smallest absolute Gasteiger partial charge is 0.241 e. The van der Waals surface area contributed by atoms with Crippen LogP contribution in [0.5, 0.6) is 0 Å². The van der Waals surface area contributed by atoms with Crippen molar-refractivity contribution in [3.63, 3.8) is 0 Å². The third-order valence-corrected chi connectivity index (χ3v) is 4.44. The maximum atomic E-state index is 12.6. The van der Waals surface area contributed by atoms with E-state index in [1.807, 2.05) is 19.0 Å². The highest BCUT2D eigenvalue weighted by Gasteiger charge is 2.43. The molecule has 0 radical (unpaired) electrons. The van der Waals surface area contributed by atoms with Crippen LogP contribution in [0.15, 0.2) is 0 Å². The molecule has 2 atom stereocenters. The third-order valence-electron chi connectivity index (χ3n) is 4.44. The number of carbonyl (C=O) groups is 1. The Morgan fingerprint density at radius 2 is 2.21 bits per heavy atom. The minimum Gasteiger partial charge on any atom is -0.376 e. The van der Waals surface area contributed by atoms with Gasteiger partial charge < -0.3 is 15.0 Å². The summed E-state index contributed by atoms with van der Waals surface area (Å²) < 4.78 is 5.67. The monoisotopic (exact) mass is 269 g/mol. The van der Waals surface area contributed by atoms with Gasteiger partial charge in [0.15, 0.2) is 0 Å². The van der Waals surface area contributed by atoms with Crippen molar-refractivity contribution in [1.29, 1.82) is 0 Å². The predicted molar refractivity (Wildman–Crippen MR) is 75.1 cm³/mol. The quantitative estimate of drug-likeness (QED) is 0.797. The fourth-order valence-corrected chi connectivity index (χ4v) is 3.06. The highest BCUT2D eigenvalue weighted by molar-refractivity contribution is 5.83. The minimum atomic E-state index is -0.0739. The molecule has 0 aromatic carbocycles. The highest BCUT2D eigenvalue weighted by atomic mass is 16.5. The number of hydrogen-bond acceptors (Lipinski definition) is 4. The van der Waals surface area contributed by atoms with Crippen LogP contribution < -0.4 is 5.32 Å². The molecule has 2 heterocycles. The molecule has 5 heteroatoms. The summed E-state index contributed by atoms with van der Waals surface area (Å²) in [6, 6.07) is -0.0739.